The minimum atomic E-state index is -0.410. The van der Waals surface area contributed by atoms with Gasteiger partial charge in [-0.2, -0.15) is 0 Å². The first-order valence-electron chi connectivity index (χ1n) is 7.67. The van der Waals surface area contributed by atoms with Crippen LogP contribution in [0.5, 0.6) is 5.75 Å². The number of imidazole rings is 1. The molecule has 7 heteroatoms. The monoisotopic (exact) mass is 326 g/mol. The zero-order chi connectivity index (χ0) is 17.1. The SMILES string of the molecule is CCOC(=O)c1cnc2nc(-c3ccc(OCC)c(N)c3)cn2c1. The van der Waals surface area contributed by atoms with E-state index in [2.05, 4.69) is 9.97 Å². The minimum Gasteiger partial charge on any atom is -0.492 e. The molecule has 0 saturated carbocycles. The Morgan fingerprint density at radius 2 is 2.08 bits per heavy atom. The predicted octanol–water partition coefficient (Wildman–Crippen LogP) is 2.55. The van der Waals surface area contributed by atoms with E-state index in [4.69, 9.17) is 15.2 Å². The van der Waals surface area contributed by atoms with Crippen LogP contribution in [0.25, 0.3) is 17.0 Å². The zero-order valence-corrected chi connectivity index (χ0v) is 13.5. The second kappa shape index (κ2) is 6.57. The highest BCUT2D eigenvalue weighted by Gasteiger charge is 2.12. The van der Waals surface area contributed by atoms with Gasteiger partial charge in [-0.15, -0.1) is 0 Å². The van der Waals surface area contributed by atoms with E-state index in [0.29, 0.717) is 41.7 Å². The van der Waals surface area contributed by atoms with Gasteiger partial charge in [0.05, 0.1) is 30.2 Å². The quantitative estimate of drug-likeness (QED) is 0.572. The lowest BCUT2D eigenvalue weighted by molar-refractivity contribution is 0.0525. The van der Waals surface area contributed by atoms with Crippen LogP contribution in [0.2, 0.25) is 0 Å². The van der Waals surface area contributed by atoms with E-state index in [-0.39, 0.29) is 0 Å². The molecule has 0 radical (unpaired) electrons. The van der Waals surface area contributed by atoms with Gasteiger partial charge in [0.25, 0.3) is 0 Å². The van der Waals surface area contributed by atoms with E-state index in [1.54, 1.807) is 29.8 Å². The van der Waals surface area contributed by atoms with Crippen LogP contribution in [-0.2, 0) is 4.74 Å². The molecule has 0 aliphatic heterocycles. The molecule has 3 aromatic rings. The van der Waals surface area contributed by atoms with Gasteiger partial charge in [-0.1, -0.05) is 0 Å². The number of benzene rings is 1. The van der Waals surface area contributed by atoms with Crippen LogP contribution in [-0.4, -0.2) is 33.6 Å². The molecule has 0 saturated heterocycles. The van der Waals surface area contributed by atoms with Crippen LogP contribution in [0, 0.1) is 0 Å². The van der Waals surface area contributed by atoms with Crippen LogP contribution in [0.15, 0.2) is 36.8 Å². The summed E-state index contributed by atoms with van der Waals surface area (Å²) >= 11 is 0. The fraction of sp³-hybridized carbons (Fsp3) is 0.235. The van der Waals surface area contributed by atoms with Crippen LogP contribution in [0.1, 0.15) is 24.2 Å². The van der Waals surface area contributed by atoms with E-state index >= 15 is 0 Å². The molecule has 24 heavy (non-hydrogen) atoms. The Balaban J connectivity index is 1.96. The van der Waals surface area contributed by atoms with E-state index in [1.807, 2.05) is 19.1 Å². The largest absolute Gasteiger partial charge is 0.492 e. The number of nitrogens with zero attached hydrogens (tertiary/aromatic N) is 3. The first-order chi connectivity index (χ1) is 11.6. The maximum absolute atomic E-state index is 11.8. The summed E-state index contributed by atoms with van der Waals surface area (Å²) in [6.45, 7) is 4.54. The first-order valence-corrected chi connectivity index (χ1v) is 7.67. The van der Waals surface area contributed by atoms with Crippen molar-refractivity contribution in [2.45, 2.75) is 13.8 Å². The molecule has 2 aromatic heterocycles. The molecule has 1 aromatic carbocycles. The van der Waals surface area contributed by atoms with Gasteiger partial charge in [-0.25, -0.2) is 14.8 Å². The molecule has 2 heterocycles. The Morgan fingerprint density at radius 3 is 2.79 bits per heavy atom. The summed E-state index contributed by atoms with van der Waals surface area (Å²) in [5.41, 5.74) is 8.48. The number of hydrogen-bond acceptors (Lipinski definition) is 6. The topological polar surface area (TPSA) is 91.7 Å². The summed E-state index contributed by atoms with van der Waals surface area (Å²) in [5, 5.41) is 0. The standard InChI is InChI=1S/C17H18N4O3/c1-3-23-15-6-5-11(7-13(15)18)14-10-21-9-12(16(22)24-4-2)8-19-17(21)20-14/h5-10H,3-4,18H2,1-2H3. The predicted molar refractivity (Wildman–Crippen MR) is 90.0 cm³/mol. The number of carbonyl (C=O) groups excluding carboxylic acids is 1. The van der Waals surface area contributed by atoms with Gasteiger partial charge in [0.15, 0.2) is 0 Å². The molecule has 0 spiro atoms. The van der Waals surface area contributed by atoms with E-state index in [0.717, 1.165) is 5.56 Å². The number of rotatable bonds is 5. The summed E-state index contributed by atoms with van der Waals surface area (Å²) < 4.78 is 12.1. The minimum absolute atomic E-state index is 0.317. The van der Waals surface area contributed by atoms with E-state index in [1.165, 1.54) is 6.20 Å². The van der Waals surface area contributed by atoms with Crippen LogP contribution in [0.4, 0.5) is 5.69 Å². The number of nitrogen functional groups attached to an aromatic ring is 1. The fourth-order valence-corrected chi connectivity index (χ4v) is 2.34. The number of esters is 1. The second-order valence-corrected chi connectivity index (χ2v) is 5.08. The van der Waals surface area contributed by atoms with Gasteiger partial charge >= 0.3 is 5.97 Å². The van der Waals surface area contributed by atoms with Crippen molar-refractivity contribution in [1.82, 2.24) is 14.4 Å². The molecule has 0 aliphatic rings. The third kappa shape index (κ3) is 3.01. The van der Waals surface area contributed by atoms with Crippen LogP contribution in [0.3, 0.4) is 0 Å². The normalized spacial score (nSPS) is 10.8. The average Bonchev–Trinajstić information content (AvgIpc) is 3.00. The lowest BCUT2D eigenvalue weighted by Crippen LogP contribution is -2.06. The third-order valence-corrected chi connectivity index (χ3v) is 3.43. The van der Waals surface area contributed by atoms with Crippen molar-refractivity contribution in [2.75, 3.05) is 18.9 Å². The number of nitrogens with two attached hydrogens (primary N) is 1. The van der Waals surface area contributed by atoms with Gasteiger partial charge in [0.2, 0.25) is 5.78 Å². The molecule has 0 unspecified atom stereocenters. The second-order valence-electron chi connectivity index (χ2n) is 5.08. The van der Waals surface area contributed by atoms with E-state index < -0.39 is 5.97 Å². The molecule has 0 amide bonds. The number of anilines is 1. The third-order valence-electron chi connectivity index (χ3n) is 3.43. The maximum Gasteiger partial charge on any atom is 0.341 e. The Hall–Kier alpha value is -3.09. The van der Waals surface area contributed by atoms with Crippen molar-refractivity contribution in [1.29, 1.82) is 0 Å². The number of hydrogen-bond donors (Lipinski definition) is 1. The van der Waals surface area contributed by atoms with Crippen molar-refractivity contribution < 1.29 is 14.3 Å². The number of aromatic nitrogens is 3. The van der Waals surface area contributed by atoms with Crippen molar-refractivity contribution in [3.05, 3.63) is 42.4 Å². The molecule has 0 fully saturated rings. The molecule has 124 valence electrons. The van der Waals surface area contributed by atoms with Gasteiger partial charge in [-0.3, -0.25) is 4.40 Å². The van der Waals surface area contributed by atoms with Crippen molar-refractivity contribution in [3.8, 4) is 17.0 Å². The highest BCUT2D eigenvalue weighted by molar-refractivity contribution is 5.89. The molecule has 0 atom stereocenters. The fourth-order valence-electron chi connectivity index (χ4n) is 2.34. The lowest BCUT2D eigenvalue weighted by atomic mass is 10.1. The van der Waals surface area contributed by atoms with E-state index in [9.17, 15) is 4.79 Å². The Bertz CT molecular complexity index is 889. The van der Waals surface area contributed by atoms with Crippen LogP contribution >= 0.6 is 0 Å². The maximum atomic E-state index is 11.8. The van der Waals surface area contributed by atoms with Crippen molar-refractivity contribution in [2.24, 2.45) is 0 Å². The Morgan fingerprint density at radius 1 is 1.25 bits per heavy atom. The summed E-state index contributed by atoms with van der Waals surface area (Å²) in [4.78, 5) is 20.4. The van der Waals surface area contributed by atoms with Gasteiger partial charge in [0, 0.05) is 24.2 Å². The summed E-state index contributed by atoms with van der Waals surface area (Å²) in [7, 11) is 0. The smallest absolute Gasteiger partial charge is 0.341 e. The first kappa shape index (κ1) is 15.8. The summed E-state index contributed by atoms with van der Waals surface area (Å²) in [6.07, 6.45) is 4.89. The van der Waals surface area contributed by atoms with Gasteiger partial charge < -0.3 is 15.2 Å². The van der Waals surface area contributed by atoms with Gasteiger partial charge in [-0.05, 0) is 32.0 Å². The zero-order valence-electron chi connectivity index (χ0n) is 13.5. The molecule has 0 aliphatic carbocycles. The van der Waals surface area contributed by atoms with Crippen molar-refractivity contribution in [3.63, 3.8) is 0 Å². The van der Waals surface area contributed by atoms with Crippen LogP contribution < -0.4 is 10.5 Å². The summed E-state index contributed by atoms with van der Waals surface area (Å²) in [5.74, 6) is 0.728. The average molecular weight is 326 g/mol. The molecule has 2 N–H and O–H groups in total. The highest BCUT2D eigenvalue weighted by atomic mass is 16.5. The molecule has 7 nitrogen and oxygen atoms in total. The lowest BCUT2D eigenvalue weighted by Gasteiger charge is -2.07. The molecule has 0 bridgehead atoms. The highest BCUT2D eigenvalue weighted by Crippen LogP contribution is 2.28. The molecule has 3 rings (SSSR count). The van der Waals surface area contributed by atoms with Crippen molar-refractivity contribution >= 4 is 17.4 Å². The number of ether oxygens (including phenoxy) is 2. The van der Waals surface area contributed by atoms with Gasteiger partial charge in [0.1, 0.15) is 5.75 Å². The Labute approximate surface area is 139 Å². The number of carbonyl (C=O) groups is 1. The summed E-state index contributed by atoms with van der Waals surface area (Å²) in [6, 6.07) is 5.50. The number of fused-ring (bicyclic) bond motifs is 1. The molecular formula is C17H18N4O3. The Kier molecular flexibility index (Phi) is 4.33. The molecular weight excluding hydrogens is 308 g/mol.